The molecule has 0 radical (unpaired) electrons. The highest BCUT2D eigenvalue weighted by atomic mass is 16.5. The Balaban J connectivity index is 3.23. The van der Waals surface area contributed by atoms with Gasteiger partial charge in [-0.05, 0) is 11.6 Å². The van der Waals surface area contributed by atoms with Crippen LogP contribution in [0.4, 0.5) is 0 Å². The summed E-state index contributed by atoms with van der Waals surface area (Å²) in [6, 6.07) is -2.27. The molecule has 0 aliphatic carbocycles. The summed E-state index contributed by atoms with van der Waals surface area (Å²) in [5.74, 6) is -2.63. The van der Waals surface area contributed by atoms with E-state index in [9.17, 15) is 19.8 Å². The fourth-order valence-corrected chi connectivity index (χ4v) is 2.01. The van der Waals surface area contributed by atoms with Gasteiger partial charge in [-0.2, -0.15) is 0 Å². The van der Waals surface area contributed by atoms with Crippen molar-refractivity contribution < 1.29 is 34.8 Å². The lowest BCUT2D eigenvalue weighted by molar-refractivity contribution is -0.145. The van der Waals surface area contributed by atoms with E-state index in [-0.39, 0.29) is 0 Å². The predicted molar refractivity (Wildman–Crippen MR) is 70.2 cm³/mol. The molecule has 0 unspecified atom stereocenters. The topological polar surface area (TPSA) is 185 Å². The molecule has 1 aliphatic heterocycles. The molecular weight excluding hydrogens is 300 g/mol. The van der Waals surface area contributed by atoms with Crippen LogP contribution in [0.15, 0.2) is 16.9 Å². The Kier molecular flexibility index (Phi) is 6.13. The monoisotopic (exact) mass is 316 g/mol. The smallest absolute Gasteiger partial charge is 0.370 e. The average Bonchev–Trinajstić information content (AvgIpc) is 2.46. The first-order valence-corrected chi connectivity index (χ1v) is 6.21. The number of carbonyl (C=O) groups excluding carboxylic acids is 1. The molecule has 0 saturated heterocycles. The third-order valence-corrected chi connectivity index (χ3v) is 2.99. The number of carboxylic acids is 1. The number of aliphatic hydroxyl groups excluding tert-OH is 3. The normalized spacial score (nSPS) is 26.7. The first-order valence-electron chi connectivity index (χ1n) is 6.21. The van der Waals surface area contributed by atoms with E-state index in [0.717, 1.165) is 13.0 Å². The molecule has 0 aromatic rings. The Morgan fingerprint density at radius 2 is 2.18 bits per heavy atom. The molecule has 122 valence electrons. The van der Waals surface area contributed by atoms with Crippen LogP contribution in [0.25, 0.3) is 10.4 Å². The summed E-state index contributed by atoms with van der Waals surface area (Å²) >= 11 is 0. The van der Waals surface area contributed by atoms with E-state index in [1.807, 2.05) is 0 Å². The molecule has 11 heteroatoms. The SMILES string of the molecule is CC(=O)N[C@H]1[C@H]([C@@H](O)[C@@H](O)CO)OC(C(=O)O)=C[C@@H]1N=[N+]=[N-]. The Hall–Kier alpha value is -2.33. The molecule has 1 amide bonds. The van der Waals surface area contributed by atoms with Gasteiger partial charge >= 0.3 is 5.97 Å². The lowest BCUT2D eigenvalue weighted by Gasteiger charge is -2.38. The summed E-state index contributed by atoms with van der Waals surface area (Å²) < 4.78 is 5.07. The quantitative estimate of drug-likeness (QED) is 0.218. The van der Waals surface area contributed by atoms with Crippen LogP contribution in [0.3, 0.4) is 0 Å². The number of carbonyl (C=O) groups is 2. The lowest BCUT2D eigenvalue weighted by atomic mass is 9.92. The number of ether oxygens (including phenoxy) is 1. The molecule has 11 nitrogen and oxygen atoms in total. The zero-order valence-corrected chi connectivity index (χ0v) is 11.5. The summed E-state index contributed by atoms with van der Waals surface area (Å²) in [5.41, 5.74) is 8.55. The molecule has 0 bridgehead atoms. The van der Waals surface area contributed by atoms with Crippen molar-refractivity contribution in [1.82, 2.24) is 5.32 Å². The molecule has 5 N–H and O–H groups in total. The van der Waals surface area contributed by atoms with E-state index in [2.05, 4.69) is 15.3 Å². The highest BCUT2D eigenvalue weighted by Gasteiger charge is 2.43. The van der Waals surface area contributed by atoms with Gasteiger partial charge in [-0.15, -0.1) is 0 Å². The van der Waals surface area contributed by atoms with Gasteiger partial charge in [-0.25, -0.2) is 4.79 Å². The van der Waals surface area contributed by atoms with Crippen molar-refractivity contribution in [2.45, 2.75) is 37.3 Å². The van der Waals surface area contributed by atoms with Crippen LogP contribution in [0.5, 0.6) is 0 Å². The number of hydrogen-bond donors (Lipinski definition) is 5. The first-order chi connectivity index (χ1) is 10.3. The summed E-state index contributed by atoms with van der Waals surface area (Å²) in [4.78, 5) is 24.8. The fraction of sp³-hybridized carbons (Fsp3) is 0.636. The minimum absolute atomic E-state index is 0.547. The van der Waals surface area contributed by atoms with E-state index < -0.39 is 54.6 Å². The molecular formula is C11H16N4O7. The maximum Gasteiger partial charge on any atom is 0.370 e. The fourth-order valence-electron chi connectivity index (χ4n) is 2.01. The second-order valence-corrected chi connectivity index (χ2v) is 4.58. The number of aliphatic carboxylic acids is 1. The van der Waals surface area contributed by atoms with Crippen molar-refractivity contribution >= 4 is 11.9 Å². The number of rotatable bonds is 6. The van der Waals surface area contributed by atoms with Crippen LogP contribution in [0, 0.1) is 0 Å². The van der Waals surface area contributed by atoms with Crippen LogP contribution in [0.2, 0.25) is 0 Å². The van der Waals surface area contributed by atoms with E-state index in [4.69, 9.17) is 20.5 Å². The van der Waals surface area contributed by atoms with Crippen molar-refractivity contribution in [3.05, 3.63) is 22.3 Å². The third-order valence-electron chi connectivity index (χ3n) is 2.99. The maximum absolute atomic E-state index is 11.3. The number of hydrogen-bond acceptors (Lipinski definition) is 7. The van der Waals surface area contributed by atoms with E-state index in [1.54, 1.807) is 0 Å². The Bertz CT molecular complexity index is 517. The molecule has 0 saturated carbocycles. The lowest BCUT2D eigenvalue weighted by Crippen LogP contribution is -2.59. The Morgan fingerprint density at radius 1 is 1.55 bits per heavy atom. The molecule has 1 aliphatic rings. The van der Waals surface area contributed by atoms with E-state index >= 15 is 0 Å². The predicted octanol–water partition coefficient (Wildman–Crippen LogP) is -1.75. The third kappa shape index (κ3) is 4.09. The number of azide groups is 1. The van der Waals surface area contributed by atoms with Gasteiger partial charge < -0.3 is 30.5 Å². The molecule has 5 atom stereocenters. The van der Waals surface area contributed by atoms with Crippen LogP contribution in [-0.4, -0.2) is 69.3 Å². The summed E-state index contributed by atoms with van der Waals surface area (Å²) in [7, 11) is 0. The van der Waals surface area contributed by atoms with Crippen LogP contribution >= 0.6 is 0 Å². The number of aliphatic hydroxyl groups is 3. The van der Waals surface area contributed by atoms with Crippen LogP contribution in [0.1, 0.15) is 6.92 Å². The first kappa shape index (κ1) is 17.7. The van der Waals surface area contributed by atoms with Crippen LogP contribution < -0.4 is 5.32 Å². The second kappa shape index (κ2) is 7.61. The molecule has 0 fully saturated rings. The van der Waals surface area contributed by atoms with E-state index in [1.165, 1.54) is 0 Å². The molecule has 0 spiro atoms. The molecule has 0 aromatic carbocycles. The van der Waals surface area contributed by atoms with Gasteiger partial charge in [0.15, 0.2) is 0 Å². The van der Waals surface area contributed by atoms with Gasteiger partial charge in [0, 0.05) is 11.8 Å². The van der Waals surface area contributed by atoms with Gasteiger partial charge in [0.1, 0.15) is 18.3 Å². The number of nitrogens with one attached hydrogen (secondary N) is 1. The van der Waals surface area contributed by atoms with Gasteiger partial charge in [-0.3, -0.25) is 4.79 Å². The van der Waals surface area contributed by atoms with Gasteiger partial charge in [0.05, 0.1) is 18.7 Å². The molecule has 1 heterocycles. The Morgan fingerprint density at radius 3 is 2.64 bits per heavy atom. The largest absolute Gasteiger partial charge is 0.478 e. The highest BCUT2D eigenvalue weighted by Crippen LogP contribution is 2.24. The van der Waals surface area contributed by atoms with Crippen molar-refractivity contribution in [3.8, 4) is 0 Å². The highest BCUT2D eigenvalue weighted by molar-refractivity contribution is 5.84. The van der Waals surface area contributed by atoms with Crippen molar-refractivity contribution in [2.75, 3.05) is 6.61 Å². The Labute approximate surface area is 124 Å². The summed E-state index contributed by atoms with van der Waals surface area (Å²) in [6.45, 7) is 0.349. The van der Waals surface area contributed by atoms with Crippen molar-refractivity contribution in [3.63, 3.8) is 0 Å². The maximum atomic E-state index is 11.3. The van der Waals surface area contributed by atoms with E-state index in [0.29, 0.717) is 0 Å². The van der Waals surface area contributed by atoms with Gasteiger partial charge in [-0.1, -0.05) is 5.11 Å². The summed E-state index contributed by atoms with van der Waals surface area (Å²) in [6.07, 6.45) is -3.81. The number of nitrogens with zero attached hydrogens (tertiary/aromatic N) is 3. The van der Waals surface area contributed by atoms with Crippen molar-refractivity contribution in [1.29, 1.82) is 0 Å². The zero-order chi connectivity index (χ0) is 16.9. The van der Waals surface area contributed by atoms with Crippen LogP contribution in [-0.2, 0) is 14.3 Å². The number of amides is 1. The standard InChI is InChI=1S/C11H16N4O7/c1-4(17)13-8-5(14-15-12)2-7(11(20)21)22-10(8)9(19)6(18)3-16/h2,5-6,8-10,16,18-19H,3H2,1H3,(H,13,17)(H,20,21)/t5-,6-,8+,9-,10+/m0/s1. The minimum atomic E-state index is -1.72. The molecule has 0 aromatic heterocycles. The minimum Gasteiger partial charge on any atom is -0.478 e. The average molecular weight is 316 g/mol. The summed E-state index contributed by atoms with van der Waals surface area (Å²) in [5, 5.41) is 43.1. The van der Waals surface area contributed by atoms with Gasteiger partial charge in [0.2, 0.25) is 11.7 Å². The molecule has 1 rings (SSSR count). The second-order valence-electron chi connectivity index (χ2n) is 4.58. The molecule has 22 heavy (non-hydrogen) atoms. The zero-order valence-electron chi connectivity index (χ0n) is 11.5. The van der Waals surface area contributed by atoms with Crippen molar-refractivity contribution in [2.24, 2.45) is 5.11 Å². The number of carboxylic acid groups (broad SMARTS) is 1. The van der Waals surface area contributed by atoms with Gasteiger partial charge in [0.25, 0.3) is 0 Å².